The molecule has 1 saturated heterocycles. The molecule has 1 aromatic heterocycles. The van der Waals surface area contributed by atoms with Gasteiger partial charge in [0, 0.05) is 44.1 Å². The molecule has 1 aliphatic heterocycles. The molecule has 2 aromatic rings. The Kier molecular flexibility index (Phi) is 4.17. The Balaban J connectivity index is 1.72. The topological polar surface area (TPSA) is 19.4 Å². The van der Waals surface area contributed by atoms with Gasteiger partial charge in [-0.3, -0.25) is 0 Å². The van der Waals surface area contributed by atoms with E-state index in [0.29, 0.717) is 10.0 Å². The van der Waals surface area contributed by atoms with Gasteiger partial charge in [0.1, 0.15) is 0 Å². The molecule has 1 aromatic carbocycles. The number of nitrogens with zero attached hydrogens (tertiary/aromatic N) is 3. The molecule has 0 atom stereocenters. The molecule has 0 saturated carbocycles. The first-order valence-electron chi connectivity index (χ1n) is 6.70. The van der Waals surface area contributed by atoms with Crippen LogP contribution in [0.4, 0.5) is 15.8 Å². The molecule has 0 radical (unpaired) electrons. The van der Waals surface area contributed by atoms with E-state index < -0.39 is 5.95 Å². The first-order chi connectivity index (χ1) is 10.1. The number of hydrogen-bond acceptors (Lipinski definition) is 3. The number of pyridine rings is 1. The Hall–Kier alpha value is -1.52. The number of piperazine rings is 1. The first-order valence-corrected chi connectivity index (χ1v) is 7.46. The Bertz CT molecular complexity index is 643. The third-order valence-corrected chi connectivity index (χ3v) is 4.44. The fourth-order valence-electron chi connectivity index (χ4n) is 2.53. The van der Waals surface area contributed by atoms with Crippen molar-refractivity contribution in [1.82, 2.24) is 4.98 Å². The third kappa shape index (κ3) is 3.06. The quantitative estimate of drug-likeness (QED) is 0.782. The monoisotopic (exact) mass is 325 g/mol. The minimum Gasteiger partial charge on any atom is -0.368 e. The number of benzene rings is 1. The Morgan fingerprint density at radius 3 is 2.43 bits per heavy atom. The number of hydrogen-bond donors (Lipinski definition) is 0. The highest BCUT2D eigenvalue weighted by molar-refractivity contribution is 6.43. The second-order valence-electron chi connectivity index (χ2n) is 4.88. The molecule has 6 heteroatoms. The number of anilines is 2. The minimum atomic E-state index is -0.451. The van der Waals surface area contributed by atoms with Gasteiger partial charge in [-0.05, 0) is 18.2 Å². The fourth-order valence-corrected chi connectivity index (χ4v) is 2.95. The fraction of sp³-hybridized carbons (Fsp3) is 0.267. The molecule has 0 unspecified atom stereocenters. The lowest BCUT2D eigenvalue weighted by molar-refractivity contribution is 0.580. The van der Waals surface area contributed by atoms with Gasteiger partial charge in [-0.2, -0.15) is 4.39 Å². The van der Waals surface area contributed by atoms with Crippen molar-refractivity contribution in [1.29, 1.82) is 0 Å². The molecule has 1 fully saturated rings. The van der Waals surface area contributed by atoms with Crippen molar-refractivity contribution in [3.63, 3.8) is 0 Å². The molecule has 3 nitrogen and oxygen atoms in total. The average Bonchev–Trinajstić information content (AvgIpc) is 2.50. The van der Waals surface area contributed by atoms with Gasteiger partial charge in [-0.15, -0.1) is 0 Å². The molecule has 0 bridgehead atoms. The smallest absolute Gasteiger partial charge is 0.214 e. The van der Waals surface area contributed by atoms with E-state index in [0.717, 1.165) is 37.6 Å². The zero-order chi connectivity index (χ0) is 14.8. The van der Waals surface area contributed by atoms with Crippen molar-refractivity contribution in [2.24, 2.45) is 0 Å². The average molecular weight is 326 g/mol. The van der Waals surface area contributed by atoms with E-state index in [9.17, 15) is 4.39 Å². The molecular formula is C15H14Cl2FN3. The van der Waals surface area contributed by atoms with E-state index >= 15 is 0 Å². The molecule has 0 spiro atoms. The standard InChI is InChI=1S/C15H14Cl2FN3/c16-12-2-1-3-13(15(12)17)21-8-6-20(7-9-21)11-4-5-19-14(18)10-11/h1-5,10H,6-9H2. The zero-order valence-corrected chi connectivity index (χ0v) is 12.8. The van der Waals surface area contributed by atoms with Crippen LogP contribution in [0.2, 0.25) is 10.0 Å². The Morgan fingerprint density at radius 1 is 1.00 bits per heavy atom. The second-order valence-corrected chi connectivity index (χ2v) is 5.67. The summed E-state index contributed by atoms with van der Waals surface area (Å²) >= 11 is 12.3. The first kappa shape index (κ1) is 14.4. The van der Waals surface area contributed by atoms with Gasteiger partial charge in [0.25, 0.3) is 0 Å². The van der Waals surface area contributed by atoms with Crippen molar-refractivity contribution in [3.05, 3.63) is 52.5 Å². The number of aromatic nitrogens is 1. The molecule has 0 N–H and O–H groups in total. The number of halogens is 3. The number of rotatable bonds is 2. The summed E-state index contributed by atoms with van der Waals surface area (Å²) in [6.45, 7) is 3.21. The van der Waals surface area contributed by atoms with Gasteiger partial charge in [0.05, 0.1) is 15.7 Å². The van der Waals surface area contributed by atoms with Gasteiger partial charge >= 0.3 is 0 Å². The van der Waals surface area contributed by atoms with Gasteiger partial charge in [0.2, 0.25) is 5.95 Å². The predicted molar refractivity (Wildman–Crippen MR) is 85.1 cm³/mol. The van der Waals surface area contributed by atoms with E-state index in [1.807, 2.05) is 18.2 Å². The van der Waals surface area contributed by atoms with Crippen LogP contribution in [-0.4, -0.2) is 31.2 Å². The molecule has 2 heterocycles. The summed E-state index contributed by atoms with van der Waals surface area (Å²) in [4.78, 5) is 7.92. The molecule has 0 amide bonds. The molecule has 110 valence electrons. The highest BCUT2D eigenvalue weighted by Crippen LogP contribution is 2.33. The maximum atomic E-state index is 13.2. The molecule has 3 rings (SSSR count). The van der Waals surface area contributed by atoms with Crippen LogP contribution in [-0.2, 0) is 0 Å². The van der Waals surface area contributed by atoms with Crippen molar-refractivity contribution in [2.45, 2.75) is 0 Å². The summed E-state index contributed by atoms with van der Waals surface area (Å²) in [5.41, 5.74) is 1.81. The van der Waals surface area contributed by atoms with Gasteiger partial charge in [-0.25, -0.2) is 4.98 Å². The minimum absolute atomic E-state index is 0.451. The molecule has 0 aliphatic carbocycles. The van der Waals surface area contributed by atoms with Gasteiger partial charge < -0.3 is 9.80 Å². The predicted octanol–water partition coefficient (Wildman–Crippen LogP) is 3.85. The van der Waals surface area contributed by atoms with Crippen LogP contribution >= 0.6 is 23.2 Å². The summed E-state index contributed by atoms with van der Waals surface area (Å²) in [5, 5.41) is 1.15. The SMILES string of the molecule is Fc1cc(N2CCN(c3cccc(Cl)c3Cl)CC2)ccn1. The van der Waals surface area contributed by atoms with Crippen LogP contribution in [0.3, 0.4) is 0 Å². The van der Waals surface area contributed by atoms with E-state index in [1.165, 1.54) is 12.3 Å². The van der Waals surface area contributed by atoms with E-state index in [2.05, 4.69) is 14.8 Å². The van der Waals surface area contributed by atoms with Gasteiger partial charge in [0.15, 0.2) is 0 Å². The maximum Gasteiger partial charge on any atom is 0.214 e. The summed E-state index contributed by atoms with van der Waals surface area (Å²) in [7, 11) is 0. The summed E-state index contributed by atoms with van der Waals surface area (Å²) in [6, 6.07) is 8.93. The second kappa shape index (κ2) is 6.08. The highest BCUT2D eigenvalue weighted by Gasteiger charge is 2.20. The largest absolute Gasteiger partial charge is 0.368 e. The van der Waals surface area contributed by atoms with Crippen molar-refractivity contribution >= 4 is 34.6 Å². The van der Waals surface area contributed by atoms with Crippen molar-refractivity contribution in [3.8, 4) is 0 Å². The highest BCUT2D eigenvalue weighted by atomic mass is 35.5. The van der Waals surface area contributed by atoms with Gasteiger partial charge in [-0.1, -0.05) is 29.3 Å². The molecule has 1 aliphatic rings. The van der Waals surface area contributed by atoms with E-state index in [1.54, 1.807) is 6.07 Å². The van der Waals surface area contributed by atoms with E-state index in [4.69, 9.17) is 23.2 Å². The van der Waals surface area contributed by atoms with Crippen LogP contribution in [0.1, 0.15) is 0 Å². The van der Waals surface area contributed by atoms with Crippen LogP contribution in [0, 0.1) is 5.95 Å². The zero-order valence-electron chi connectivity index (χ0n) is 11.3. The summed E-state index contributed by atoms with van der Waals surface area (Å²) in [6.07, 6.45) is 1.49. The molecular weight excluding hydrogens is 312 g/mol. The Morgan fingerprint density at radius 2 is 1.71 bits per heavy atom. The lowest BCUT2D eigenvalue weighted by Gasteiger charge is -2.37. The van der Waals surface area contributed by atoms with Crippen LogP contribution in [0.25, 0.3) is 0 Å². The van der Waals surface area contributed by atoms with Crippen molar-refractivity contribution < 1.29 is 4.39 Å². The van der Waals surface area contributed by atoms with Crippen LogP contribution < -0.4 is 9.80 Å². The third-order valence-electron chi connectivity index (χ3n) is 3.63. The summed E-state index contributed by atoms with van der Waals surface area (Å²) in [5.74, 6) is -0.451. The van der Waals surface area contributed by atoms with Crippen LogP contribution in [0.15, 0.2) is 36.5 Å². The summed E-state index contributed by atoms with van der Waals surface area (Å²) < 4.78 is 13.2. The maximum absolute atomic E-state index is 13.2. The lowest BCUT2D eigenvalue weighted by atomic mass is 10.2. The van der Waals surface area contributed by atoms with Crippen LogP contribution in [0.5, 0.6) is 0 Å². The Labute approximate surface area is 132 Å². The lowest BCUT2D eigenvalue weighted by Crippen LogP contribution is -2.46. The normalized spacial score (nSPS) is 15.4. The molecule has 21 heavy (non-hydrogen) atoms. The van der Waals surface area contributed by atoms with Crippen molar-refractivity contribution in [2.75, 3.05) is 36.0 Å². The van der Waals surface area contributed by atoms with E-state index in [-0.39, 0.29) is 0 Å².